The van der Waals surface area contributed by atoms with Gasteiger partial charge >= 0.3 is 0 Å². The Balaban J connectivity index is 2.10. The molecule has 0 radical (unpaired) electrons. The fourth-order valence-corrected chi connectivity index (χ4v) is 2.52. The Hall–Kier alpha value is -1.85. The van der Waals surface area contributed by atoms with E-state index in [1.165, 1.54) is 0 Å². The Morgan fingerprint density at radius 3 is 2.81 bits per heavy atom. The number of hydrogen-bond acceptors (Lipinski definition) is 5. The van der Waals surface area contributed by atoms with Gasteiger partial charge < -0.3 is 15.1 Å². The number of amides is 1. The maximum absolute atomic E-state index is 11.5. The molecule has 1 saturated heterocycles. The summed E-state index contributed by atoms with van der Waals surface area (Å²) in [5.41, 5.74) is 0. The minimum Gasteiger partial charge on any atom is -0.370 e. The maximum atomic E-state index is 11.5. The lowest BCUT2D eigenvalue weighted by molar-refractivity contribution is -0.128. The highest BCUT2D eigenvalue weighted by molar-refractivity contribution is 5.73. The Bertz CT molecular complexity index is 491. The van der Waals surface area contributed by atoms with Gasteiger partial charge in [-0.25, -0.2) is 9.97 Å². The van der Waals surface area contributed by atoms with E-state index in [0.717, 1.165) is 63.0 Å². The summed E-state index contributed by atoms with van der Waals surface area (Å²) in [4.78, 5) is 24.6. The van der Waals surface area contributed by atoms with Crippen LogP contribution < -0.4 is 10.2 Å². The Labute approximate surface area is 126 Å². The summed E-state index contributed by atoms with van der Waals surface area (Å²) in [6.07, 6.45) is 2.04. The number of aryl methyl sites for hydroxylation is 1. The molecule has 0 saturated carbocycles. The van der Waals surface area contributed by atoms with Crippen molar-refractivity contribution in [1.29, 1.82) is 0 Å². The number of aromatic nitrogens is 2. The van der Waals surface area contributed by atoms with Crippen molar-refractivity contribution in [2.45, 2.75) is 33.6 Å². The molecule has 0 unspecified atom stereocenters. The summed E-state index contributed by atoms with van der Waals surface area (Å²) in [6, 6.07) is 2.01. The van der Waals surface area contributed by atoms with Gasteiger partial charge in [0.05, 0.1) is 0 Å². The van der Waals surface area contributed by atoms with E-state index in [-0.39, 0.29) is 5.91 Å². The molecule has 2 rings (SSSR count). The van der Waals surface area contributed by atoms with E-state index >= 15 is 0 Å². The summed E-state index contributed by atoms with van der Waals surface area (Å²) < 4.78 is 0. The van der Waals surface area contributed by atoms with Crippen LogP contribution in [-0.2, 0) is 4.79 Å². The number of rotatable bonds is 4. The van der Waals surface area contributed by atoms with Gasteiger partial charge in [0.1, 0.15) is 17.5 Å². The molecular formula is C15H25N5O. The Morgan fingerprint density at radius 1 is 1.29 bits per heavy atom. The highest BCUT2D eigenvalue weighted by atomic mass is 16.2. The van der Waals surface area contributed by atoms with Crippen molar-refractivity contribution >= 4 is 17.5 Å². The van der Waals surface area contributed by atoms with Crippen LogP contribution in [-0.4, -0.2) is 53.5 Å². The number of hydrogen-bond donors (Lipinski definition) is 1. The lowest BCUT2D eigenvalue weighted by Crippen LogP contribution is -2.34. The Morgan fingerprint density at radius 2 is 2.10 bits per heavy atom. The smallest absolute Gasteiger partial charge is 0.219 e. The highest BCUT2D eigenvalue weighted by Crippen LogP contribution is 2.18. The van der Waals surface area contributed by atoms with Crippen molar-refractivity contribution in [3.05, 3.63) is 11.9 Å². The van der Waals surface area contributed by atoms with Crippen molar-refractivity contribution in [2.24, 2.45) is 0 Å². The lowest BCUT2D eigenvalue weighted by atomic mass is 10.3. The van der Waals surface area contributed by atoms with E-state index in [4.69, 9.17) is 0 Å². The normalized spacial score (nSPS) is 15.8. The second-order valence-electron chi connectivity index (χ2n) is 5.43. The number of anilines is 2. The number of carbonyl (C=O) groups excluding carboxylic acids is 1. The van der Waals surface area contributed by atoms with Crippen LogP contribution in [0.2, 0.25) is 0 Å². The molecule has 0 aromatic carbocycles. The van der Waals surface area contributed by atoms with Gasteiger partial charge in [-0.15, -0.1) is 0 Å². The molecule has 1 aliphatic rings. The van der Waals surface area contributed by atoms with E-state index in [1.807, 2.05) is 17.9 Å². The van der Waals surface area contributed by atoms with E-state index in [1.54, 1.807) is 6.92 Å². The van der Waals surface area contributed by atoms with Gasteiger partial charge in [0.2, 0.25) is 5.91 Å². The fraction of sp³-hybridized carbons (Fsp3) is 0.667. The largest absolute Gasteiger partial charge is 0.370 e. The third kappa shape index (κ3) is 4.31. The summed E-state index contributed by atoms with van der Waals surface area (Å²) >= 11 is 0. The van der Waals surface area contributed by atoms with E-state index in [2.05, 4.69) is 27.1 Å². The predicted octanol–water partition coefficient (Wildman–Crippen LogP) is 1.67. The van der Waals surface area contributed by atoms with E-state index in [9.17, 15) is 4.79 Å². The second kappa shape index (κ2) is 7.24. The van der Waals surface area contributed by atoms with Gasteiger partial charge in [-0.3, -0.25) is 4.79 Å². The van der Waals surface area contributed by atoms with Crippen molar-refractivity contribution in [3.8, 4) is 0 Å². The predicted molar refractivity (Wildman–Crippen MR) is 84.6 cm³/mol. The lowest BCUT2D eigenvalue weighted by Gasteiger charge is -2.23. The van der Waals surface area contributed by atoms with Crippen LogP contribution in [0.5, 0.6) is 0 Å². The first-order chi connectivity index (χ1) is 10.1. The average molecular weight is 291 g/mol. The summed E-state index contributed by atoms with van der Waals surface area (Å²) in [6.45, 7) is 9.93. The third-order valence-corrected chi connectivity index (χ3v) is 3.65. The van der Waals surface area contributed by atoms with Crippen molar-refractivity contribution in [2.75, 3.05) is 42.9 Å². The molecule has 1 fully saturated rings. The van der Waals surface area contributed by atoms with Crippen LogP contribution in [0.3, 0.4) is 0 Å². The molecule has 21 heavy (non-hydrogen) atoms. The molecule has 0 atom stereocenters. The van der Waals surface area contributed by atoms with Gasteiger partial charge in [0, 0.05) is 45.7 Å². The molecule has 0 bridgehead atoms. The number of nitrogens with zero attached hydrogens (tertiary/aromatic N) is 4. The maximum Gasteiger partial charge on any atom is 0.219 e. The molecule has 6 nitrogen and oxygen atoms in total. The summed E-state index contributed by atoms with van der Waals surface area (Å²) in [5, 5.41) is 3.31. The summed E-state index contributed by atoms with van der Waals surface area (Å²) in [5.74, 6) is 2.76. The van der Waals surface area contributed by atoms with E-state index < -0.39 is 0 Å². The minimum absolute atomic E-state index is 0.154. The molecule has 1 N–H and O–H groups in total. The molecule has 2 heterocycles. The van der Waals surface area contributed by atoms with Crippen LogP contribution in [0.4, 0.5) is 11.6 Å². The minimum atomic E-state index is 0.154. The Kier molecular flexibility index (Phi) is 5.36. The first-order valence-electron chi connectivity index (χ1n) is 7.70. The van der Waals surface area contributed by atoms with Gasteiger partial charge in [-0.05, 0) is 19.8 Å². The summed E-state index contributed by atoms with van der Waals surface area (Å²) in [7, 11) is 0. The van der Waals surface area contributed by atoms with E-state index in [0.29, 0.717) is 0 Å². The molecule has 6 heteroatoms. The van der Waals surface area contributed by atoms with Crippen LogP contribution in [0.1, 0.15) is 32.5 Å². The topological polar surface area (TPSA) is 61.4 Å². The van der Waals surface area contributed by atoms with Crippen LogP contribution in [0.15, 0.2) is 6.07 Å². The molecule has 1 aromatic rings. The number of carbonyl (C=O) groups is 1. The van der Waals surface area contributed by atoms with Gasteiger partial charge in [0.15, 0.2) is 0 Å². The standard InChI is InChI=1S/C15H25N5O/c1-4-6-16-14-11-15(18-12(2)17-14)20-8-5-7-19(9-10-20)13(3)21/h11H,4-10H2,1-3H3,(H,16,17,18). The molecule has 116 valence electrons. The second-order valence-corrected chi connectivity index (χ2v) is 5.43. The van der Waals surface area contributed by atoms with Gasteiger partial charge in [0.25, 0.3) is 0 Å². The van der Waals surface area contributed by atoms with Gasteiger partial charge in [-0.2, -0.15) is 0 Å². The zero-order valence-corrected chi connectivity index (χ0v) is 13.2. The zero-order chi connectivity index (χ0) is 15.2. The molecule has 0 spiro atoms. The van der Waals surface area contributed by atoms with Crippen molar-refractivity contribution in [3.63, 3.8) is 0 Å². The molecule has 1 amide bonds. The van der Waals surface area contributed by atoms with Crippen LogP contribution in [0, 0.1) is 6.92 Å². The van der Waals surface area contributed by atoms with Crippen molar-refractivity contribution < 1.29 is 4.79 Å². The van der Waals surface area contributed by atoms with Crippen molar-refractivity contribution in [1.82, 2.24) is 14.9 Å². The number of nitrogens with one attached hydrogen (secondary N) is 1. The van der Waals surface area contributed by atoms with Crippen LogP contribution >= 0.6 is 0 Å². The van der Waals surface area contributed by atoms with Crippen LogP contribution in [0.25, 0.3) is 0 Å². The fourth-order valence-electron chi connectivity index (χ4n) is 2.52. The highest BCUT2D eigenvalue weighted by Gasteiger charge is 2.18. The SMILES string of the molecule is CCCNc1cc(N2CCCN(C(C)=O)CC2)nc(C)n1. The first-order valence-corrected chi connectivity index (χ1v) is 7.70. The molecule has 1 aromatic heterocycles. The average Bonchev–Trinajstić information content (AvgIpc) is 2.70. The molecular weight excluding hydrogens is 266 g/mol. The quantitative estimate of drug-likeness (QED) is 0.914. The third-order valence-electron chi connectivity index (χ3n) is 3.65. The first kappa shape index (κ1) is 15.5. The zero-order valence-electron chi connectivity index (χ0n) is 13.2. The molecule has 0 aliphatic carbocycles. The van der Waals surface area contributed by atoms with Gasteiger partial charge in [-0.1, -0.05) is 6.92 Å². The monoisotopic (exact) mass is 291 g/mol. The molecule has 1 aliphatic heterocycles.